The van der Waals surface area contributed by atoms with Crippen LogP contribution in [-0.2, 0) is 0 Å². The summed E-state index contributed by atoms with van der Waals surface area (Å²) in [6.45, 7) is 3.76. The quantitative estimate of drug-likeness (QED) is 0.498. The number of aryl methyl sites for hydroxylation is 2. The summed E-state index contributed by atoms with van der Waals surface area (Å²) in [5.41, 5.74) is 4.09. The fraction of sp³-hybridized carbons (Fsp3) is 0.238. The van der Waals surface area contributed by atoms with Gasteiger partial charge in [0.2, 0.25) is 0 Å². The van der Waals surface area contributed by atoms with E-state index in [0.717, 1.165) is 33.8 Å². The normalized spacial score (nSPS) is 13.2. The first-order chi connectivity index (χ1) is 15.0. The Labute approximate surface area is 181 Å². The fourth-order valence-corrected chi connectivity index (χ4v) is 4.37. The SMILES string of the molecule is Cc1nc2c(C3CC3)c(NC(=O)Nc3ccc(-n4ncnc4C)c(C#N)c3)cnc2s1. The molecule has 0 saturated heterocycles. The van der Waals surface area contributed by atoms with E-state index in [9.17, 15) is 10.1 Å². The van der Waals surface area contributed by atoms with Crippen LogP contribution in [0.25, 0.3) is 16.0 Å². The summed E-state index contributed by atoms with van der Waals surface area (Å²) in [7, 11) is 0. The number of thiazole rings is 1. The van der Waals surface area contributed by atoms with Crippen LogP contribution in [0.1, 0.15) is 40.7 Å². The van der Waals surface area contributed by atoms with Gasteiger partial charge in [-0.2, -0.15) is 10.4 Å². The summed E-state index contributed by atoms with van der Waals surface area (Å²) in [6, 6.07) is 6.83. The van der Waals surface area contributed by atoms with Crippen molar-refractivity contribution >= 4 is 39.1 Å². The van der Waals surface area contributed by atoms with E-state index in [-0.39, 0.29) is 0 Å². The van der Waals surface area contributed by atoms with Crippen molar-refractivity contribution in [1.82, 2.24) is 24.7 Å². The Morgan fingerprint density at radius 3 is 2.81 bits per heavy atom. The van der Waals surface area contributed by atoms with Crippen LogP contribution in [0.15, 0.2) is 30.7 Å². The van der Waals surface area contributed by atoms with Gasteiger partial charge in [0.15, 0.2) is 0 Å². The summed E-state index contributed by atoms with van der Waals surface area (Å²) in [4.78, 5) is 26.8. The smallest absolute Gasteiger partial charge is 0.308 e. The topological polar surface area (TPSA) is 121 Å². The molecule has 31 heavy (non-hydrogen) atoms. The van der Waals surface area contributed by atoms with Crippen LogP contribution in [0.4, 0.5) is 16.2 Å². The molecule has 154 valence electrons. The Balaban J connectivity index is 1.40. The number of hydrogen-bond acceptors (Lipinski definition) is 7. The third-order valence-corrected chi connectivity index (χ3v) is 6.01. The molecule has 0 spiro atoms. The second-order valence-electron chi connectivity index (χ2n) is 7.39. The predicted octanol–water partition coefficient (Wildman–Crippen LogP) is 4.28. The Morgan fingerprint density at radius 2 is 2.10 bits per heavy atom. The lowest BCUT2D eigenvalue weighted by Gasteiger charge is -2.13. The highest BCUT2D eigenvalue weighted by atomic mass is 32.1. The van der Waals surface area contributed by atoms with E-state index in [4.69, 9.17) is 0 Å². The largest absolute Gasteiger partial charge is 0.323 e. The molecule has 0 radical (unpaired) electrons. The predicted molar refractivity (Wildman–Crippen MR) is 118 cm³/mol. The molecule has 0 bridgehead atoms. The standard InChI is InChI=1S/C21H18N8OS/c1-11-24-10-25-29(11)17-6-5-15(7-14(17)8-22)27-21(30)28-16-9-23-20-19(26-12(2)31-20)18(16)13-3-4-13/h5-7,9-10,13H,3-4H2,1-2H3,(H2,27,28,30). The first-order valence-electron chi connectivity index (χ1n) is 9.78. The number of aromatic nitrogens is 5. The minimum atomic E-state index is -0.399. The molecule has 0 unspecified atom stereocenters. The molecule has 5 rings (SSSR count). The minimum absolute atomic E-state index is 0.381. The number of carbonyl (C=O) groups excluding carboxylic acids is 1. The lowest BCUT2D eigenvalue weighted by Crippen LogP contribution is -2.20. The highest BCUT2D eigenvalue weighted by Crippen LogP contribution is 2.46. The van der Waals surface area contributed by atoms with Crippen LogP contribution in [0, 0.1) is 25.2 Å². The van der Waals surface area contributed by atoms with Gasteiger partial charge in [-0.1, -0.05) is 11.3 Å². The van der Waals surface area contributed by atoms with Crippen LogP contribution in [0.3, 0.4) is 0 Å². The molecule has 3 aromatic heterocycles. The van der Waals surface area contributed by atoms with Gasteiger partial charge < -0.3 is 10.6 Å². The average molecular weight is 430 g/mol. The molecule has 9 nitrogen and oxygen atoms in total. The second kappa shape index (κ2) is 7.45. The fourth-order valence-electron chi connectivity index (χ4n) is 3.59. The van der Waals surface area contributed by atoms with Gasteiger partial charge in [-0.15, -0.1) is 0 Å². The molecule has 1 fully saturated rings. The third-order valence-electron chi connectivity index (χ3n) is 5.13. The van der Waals surface area contributed by atoms with E-state index in [1.165, 1.54) is 6.33 Å². The molecule has 10 heteroatoms. The van der Waals surface area contributed by atoms with E-state index in [1.54, 1.807) is 47.3 Å². The summed E-state index contributed by atoms with van der Waals surface area (Å²) in [5.74, 6) is 1.07. The molecule has 0 atom stereocenters. The Hall–Kier alpha value is -3.84. The van der Waals surface area contributed by atoms with Crippen molar-refractivity contribution in [3.05, 3.63) is 52.7 Å². The summed E-state index contributed by atoms with van der Waals surface area (Å²) in [5, 5.41) is 20.4. The highest BCUT2D eigenvalue weighted by Gasteiger charge is 2.30. The second-order valence-corrected chi connectivity index (χ2v) is 8.57. The van der Waals surface area contributed by atoms with E-state index in [0.29, 0.717) is 34.4 Å². The van der Waals surface area contributed by atoms with Gasteiger partial charge in [0.1, 0.15) is 28.6 Å². The first kappa shape index (κ1) is 19.1. The number of nitrogens with one attached hydrogen (secondary N) is 2. The van der Waals surface area contributed by atoms with Crippen molar-refractivity contribution in [2.24, 2.45) is 0 Å². The summed E-state index contributed by atoms with van der Waals surface area (Å²) < 4.78 is 1.58. The number of fused-ring (bicyclic) bond motifs is 1. The van der Waals surface area contributed by atoms with Crippen LogP contribution < -0.4 is 10.6 Å². The molecule has 2 amide bonds. The van der Waals surface area contributed by atoms with Gasteiger partial charge >= 0.3 is 6.03 Å². The van der Waals surface area contributed by atoms with Gasteiger partial charge in [0.05, 0.1) is 28.1 Å². The van der Waals surface area contributed by atoms with Crippen LogP contribution in [0.5, 0.6) is 0 Å². The van der Waals surface area contributed by atoms with Gasteiger partial charge in [-0.05, 0) is 50.8 Å². The van der Waals surface area contributed by atoms with Gasteiger partial charge in [0.25, 0.3) is 0 Å². The lowest BCUT2D eigenvalue weighted by molar-refractivity contribution is 0.262. The minimum Gasteiger partial charge on any atom is -0.308 e. The van der Waals surface area contributed by atoms with E-state index in [1.807, 2.05) is 6.92 Å². The monoisotopic (exact) mass is 430 g/mol. The molecule has 1 aromatic carbocycles. The number of benzene rings is 1. The maximum atomic E-state index is 12.7. The number of carbonyl (C=O) groups is 1. The zero-order valence-corrected chi connectivity index (χ0v) is 17.7. The number of rotatable bonds is 4. The van der Waals surface area contributed by atoms with E-state index < -0.39 is 6.03 Å². The number of urea groups is 1. The number of anilines is 2. The zero-order chi connectivity index (χ0) is 21.5. The van der Waals surface area contributed by atoms with Gasteiger partial charge in [-0.25, -0.2) is 24.4 Å². The van der Waals surface area contributed by atoms with Crippen molar-refractivity contribution in [3.8, 4) is 11.8 Å². The van der Waals surface area contributed by atoms with Crippen molar-refractivity contribution in [2.45, 2.75) is 32.6 Å². The summed E-state index contributed by atoms with van der Waals surface area (Å²) in [6.07, 6.45) is 5.30. The molecule has 3 heterocycles. The van der Waals surface area contributed by atoms with Crippen molar-refractivity contribution in [2.75, 3.05) is 10.6 Å². The van der Waals surface area contributed by atoms with E-state index >= 15 is 0 Å². The number of hydrogen-bond donors (Lipinski definition) is 2. The van der Waals surface area contributed by atoms with Gasteiger partial charge in [-0.3, -0.25) is 0 Å². The summed E-state index contributed by atoms with van der Waals surface area (Å²) >= 11 is 1.55. The average Bonchev–Trinajstić information content (AvgIpc) is 3.38. The Kier molecular flexibility index (Phi) is 4.60. The maximum absolute atomic E-state index is 12.7. The van der Waals surface area contributed by atoms with Crippen molar-refractivity contribution in [1.29, 1.82) is 5.26 Å². The third kappa shape index (κ3) is 3.60. The molecular formula is C21H18N8OS. The lowest BCUT2D eigenvalue weighted by atomic mass is 10.1. The highest BCUT2D eigenvalue weighted by molar-refractivity contribution is 7.18. The van der Waals surface area contributed by atoms with E-state index in [2.05, 4.69) is 36.8 Å². The zero-order valence-electron chi connectivity index (χ0n) is 16.9. The van der Waals surface area contributed by atoms with Crippen molar-refractivity contribution in [3.63, 3.8) is 0 Å². The van der Waals surface area contributed by atoms with Crippen LogP contribution >= 0.6 is 11.3 Å². The first-order valence-corrected chi connectivity index (χ1v) is 10.6. The molecule has 4 aromatic rings. The van der Waals surface area contributed by atoms with Gasteiger partial charge in [0, 0.05) is 11.3 Å². The maximum Gasteiger partial charge on any atom is 0.323 e. The molecule has 2 N–H and O–H groups in total. The van der Waals surface area contributed by atoms with Crippen molar-refractivity contribution < 1.29 is 4.79 Å². The number of pyridine rings is 1. The van der Waals surface area contributed by atoms with Crippen LogP contribution in [0.2, 0.25) is 0 Å². The molecule has 1 saturated carbocycles. The van der Waals surface area contributed by atoms with Crippen LogP contribution in [-0.4, -0.2) is 30.8 Å². The Morgan fingerprint density at radius 1 is 1.26 bits per heavy atom. The number of nitrogens with zero attached hydrogens (tertiary/aromatic N) is 6. The Bertz CT molecular complexity index is 1360. The number of nitriles is 1. The molecule has 1 aliphatic rings. The molecular weight excluding hydrogens is 412 g/mol. The molecule has 0 aliphatic heterocycles. The number of amides is 2. The molecule has 1 aliphatic carbocycles.